The summed E-state index contributed by atoms with van der Waals surface area (Å²) in [6.45, 7) is 2.42. The number of carbonyl (C=O) groups excluding carboxylic acids is 1. The fourth-order valence-corrected chi connectivity index (χ4v) is 19.0. The highest BCUT2D eigenvalue weighted by Crippen LogP contribution is 2.87. The molecule has 2 saturated carbocycles. The quantitative estimate of drug-likeness (QED) is 0.128. The van der Waals surface area contributed by atoms with Gasteiger partial charge in [-0.15, -0.1) is 0 Å². The molecular formula is C52H38O2. The molecular weight excluding hydrogens is 657 g/mol. The molecule has 12 aliphatic rings. The van der Waals surface area contributed by atoms with Crippen LogP contribution in [0.2, 0.25) is 0 Å². The molecule has 11 unspecified atom stereocenters. The van der Waals surface area contributed by atoms with Crippen LogP contribution in [0.4, 0.5) is 0 Å². The summed E-state index contributed by atoms with van der Waals surface area (Å²) in [7, 11) is 0. The Labute approximate surface area is 312 Å². The molecule has 0 aliphatic heterocycles. The lowest BCUT2D eigenvalue weighted by molar-refractivity contribution is -0.143. The number of rotatable bonds is 6. The number of carbonyl (C=O) groups is 1. The molecule has 0 amide bonds. The first-order chi connectivity index (χ1) is 26.7. The summed E-state index contributed by atoms with van der Waals surface area (Å²) in [6, 6.07) is 14.6. The maximum absolute atomic E-state index is 13.0. The monoisotopic (exact) mass is 694 g/mol. The van der Waals surface area contributed by atoms with Crippen molar-refractivity contribution in [3.63, 3.8) is 0 Å². The van der Waals surface area contributed by atoms with Crippen LogP contribution in [0.3, 0.4) is 0 Å². The lowest BCUT2D eigenvalue weighted by atomic mass is 9.59. The predicted octanol–water partition coefficient (Wildman–Crippen LogP) is 10.1. The maximum Gasteiger partial charge on any atom is 0.305 e. The third-order valence-corrected chi connectivity index (χ3v) is 19.4. The van der Waals surface area contributed by atoms with Crippen LogP contribution in [0.25, 0.3) is 54.2 Å². The van der Waals surface area contributed by atoms with Gasteiger partial charge >= 0.3 is 5.97 Å². The molecule has 0 aromatic heterocycles. The van der Waals surface area contributed by atoms with Gasteiger partial charge < -0.3 is 4.74 Å². The van der Waals surface area contributed by atoms with E-state index in [2.05, 4.69) is 48.6 Å². The van der Waals surface area contributed by atoms with Gasteiger partial charge in [-0.2, -0.15) is 0 Å². The number of hydrogen-bond donors (Lipinski definition) is 0. The molecule has 1 spiro atoms. The second-order valence-electron chi connectivity index (χ2n) is 20.4. The highest BCUT2D eigenvalue weighted by Gasteiger charge is 2.82. The Kier molecular flexibility index (Phi) is 3.63. The Hall–Kier alpha value is -4.43. The van der Waals surface area contributed by atoms with Crippen molar-refractivity contribution < 1.29 is 9.53 Å². The molecule has 0 bridgehead atoms. The van der Waals surface area contributed by atoms with E-state index in [0.717, 1.165) is 18.8 Å². The van der Waals surface area contributed by atoms with Gasteiger partial charge in [0.1, 0.15) is 0 Å². The van der Waals surface area contributed by atoms with Gasteiger partial charge in [0.15, 0.2) is 0 Å². The summed E-state index contributed by atoms with van der Waals surface area (Å²) in [5.41, 5.74) is 23.2. The van der Waals surface area contributed by atoms with E-state index in [0.29, 0.717) is 60.4 Å². The molecule has 54 heavy (non-hydrogen) atoms. The lowest BCUT2D eigenvalue weighted by Crippen LogP contribution is -2.31. The second-order valence-corrected chi connectivity index (χ2v) is 20.4. The Balaban J connectivity index is 1.07. The van der Waals surface area contributed by atoms with E-state index in [1.54, 1.807) is 81.7 Å². The molecule has 0 N–H and O–H groups in total. The third-order valence-electron chi connectivity index (χ3n) is 19.4. The van der Waals surface area contributed by atoms with E-state index in [1.807, 2.05) is 40.3 Å². The molecule has 6 aromatic rings. The molecule has 18 rings (SSSR count). The van der Waals surface area contributed by atoms with Crippen LogP contribution in [0.1, 0.15) is 131 Å². The first-order valence-corrected chi connectivity index (χ1v) is 21.7. The van der Waals surface area contributed by atoms with E-state index in [-0.39, 0.29) is 16.8 Å². The minimum atomic E-state index is -0.0212. The van der Waals surface area contributed by atoms with Crippen LogP contribution in [0.15, 0.2) is 54.1 Å². The van der Waals surface area contributed by atoms with Gasteiger partial charge in [0, 0.05) is 46.8 Å². The summed E-state index contributed by atoms with van der Waals surface area (Å²) in [5.74, 6) is 5.54. The van der Waals surface area contributed by atoms with Gasteiger partial charge in [-0.3, -0.25) is 4.79 Å². The first kappa shape index (κ1) is 26.4. The summed E-state index contributed by atoms with van der Waals surface area (Å²) in [4.78, 5) is 13.0. The lowest BCUT2D eigenvalue weighted by Gasteiger charge is -2.44. The first-order valence-electron chi connectivity index (χ1n) is 21.7. The molecule has 258 valence electrons. The third kappa shape index (κ3) is 2.10. The van der Waals surface area contributed by atoms with E-state index < -0.39 is 0 Å². The van der Waals surface area contributed by atoms with Crippen molar-refractivity contribution in [2.75, 3.05) is 6.61 Å². The molecule has 0 heterocycles. The van der Waals surface area contributed by atoms with E-state index in [9.17, 15) is 4.79 Å². The molecule has 0 radical (unpaired) electrons. The predicted molar refractivity (Wildman–Crippen MR) is 212 cm³/mol. The Bertz CT molecular complexity index is 3210. The highest BCUT2D eigenvalue weighted by molar-refractivity contribution is 6.39. The number of benzene rings is 4. The second kappa shape index (κ2) is 7.44. The zero-order valence-electron chi connectivity index (χ0n) is 30.5. The van der Waals surface area contributed by atoms with E-state index >= 15 is 0 Å². The molecule has 12 aliphatic carbocycles. The summed E-state index contributed by atoms with van der Waals surface area (Å²) in [6.07, 6.45) is 14.7. The number of allylic oxidation sites excluding steroid dienone is 4. The Morgan fingerprint density at radius 1 is 0.833 bits per heavy atom. The largest absolute Gasteiger partial charge is 0.466 e. The number of ether oxygens (including phenoxy) is 1. The van der Waals surface area contributed by atoms with E-state index in [4.69, 9.17) is 4.74 Å². The smallest absolute Gasteiger partial charge is 0.305 e. The average Bonchev–Trinajstić information content (AvgIpc) is 3.86. The normalized spacial score (nSPS) is 38.6. The van der Waals surface area contributed by atoms with Gasteiger partial charge in [-0.25, -0.2) is 0 Å². The Morgan fingerprint density at radius 3 is 2.63 bits per heavy atom. The van der Waals surface area contributed by atoms with Gasteiger partial charge in [0.05, 0.1) is 6.61 Å². The van der Waals surface area contributed by atoms with Crippen LogP contribution in [0.5, 0.6) is 0 Å². The molecule has 11 atom stereocenters. The summed E-state index contributed by atoms with van der Waals surface area (Å²) >= 11 is 0. The van der Waals surface area contributed by atoms with Crippen molar-refractivity contribution in [1.82, 2.24) is 0 Å². The fourth-order valence-electron chi connectivity index (χ4n) is 19.0. The van der Waals surface area contributed by atoms with Crippen molar-refractivity contribution in [2.45, 2.75) is 98.7 Å². The minimum absolute atomic E-state index is 0.0153. The average molecular weight is 695 g/mol. The number of hydrogen-bond acceptors (Lipinski definition) is 2. The molecule has 2 heteroatoms. The zero-order valence-corrected chi connectivity index (χ0v) is 30.5. The van der Waals surface area contributed by atoms with Gasteiger partial charge in [-0.05, 0) is 191 Å². The van der Waals surface area contributed by atoms with E-state index in [1.165, 1.54) is 37.7 Å². The number of fused-ring (bicyclic) bond motifs is 1. The van der Waals surface area contributed by atoms with Crippen molar-refractivity contribution in [1.29, 1.82) is 0 Å². The van der Waals surface area contributed by atoms with Crippen molar-refractivity contribution >= 4 is 60.2 Å². The molecule has 0 saturated heterocycles. The SMILES string of the molecule is CCOC(=O)CCCC1(c2ccccc2)C2C3=CC4CC5Cc6cc7c8c9c6c6c%10c9c9c%11c%12c%13c(c%14c3c(c%10c%14%11)=C4C65)C21CC%13CC1C=C(C7)C8C9C%121. The summed E-state index contributed by atoms with van der Waals surface area (Å²) < 4.78 is 5.55. The Morgan fingerprint density at radius 2 is 1.72 bits per heavy atom. The topological polar surface area (TPSA) is 26.3 Å². The van der Waals surface area contributed by atoms with Crippen LogP contribution in [-0.2, 0) is 33.2 Å². The van der Waals surface area contributed by atoms with Crippen molar-refractivity contribution in [3.05, 3.63) is 115 Å². The zero-order chi connectivity index (χ0) is 34.2. The standard InChI is InChI=1S/C52H38O2/c1-2-54-28(53)9-6-10-51(26-7-4-3-5-8-26)50-27-17-24-15-21-13-22-12-19-11-20-14-23-16-25-18-52(50,51)49-35(25)40-34(23)39-30(20)29(19)37-33(22)38-31(21)32(24)41-36(27)48(49)47-45(40)43(39)42(37)44(38)46(41)47/h3-5,7-8,12,14,17,21,23-25,30-31,34,39,50H,2,6,9-11,13,15-16,18H2,1H3. The highest BCUT2D eigenvalue weighted by atomic mass is 16.5. The van der Waals surface area contributed by atoms with Crippen molar-refractivity contribution in [3.8, 4) is 0 Å². The maximum atomic E-state index is 13.0. The van der Waals surface area contributed by atoms with Crippen LogP contribution in [0, 0.1) is 23.7 Å². The molecule has 2 fully saturated rings. The van der Waals surface area contributed by atoms with Crippen LogP contribution in [-0.4, -0.2) is 12.6 Å². The minimum Gasteiger partial charge on any atom is -0.466 e. The number of esters is 1. The van der Waals surface area contributed by atoms with Gasteiger partial charge in [0.25, 0.3) is 0 Å². The van der Waals surface area contributed by atoms with Crippen LogP contribution >= 0.6 is 0 Å². The summed E-state index contributed by atoms with van der Waals surface area (Å²) in [5, 5.41) is 15.8. The fraction of sp³-hybridized carbons (Fsp3) is 0.404. The van der Waals surface area contributed by atoms with Gasteiger partial charge in [0.2, 0.25) is 0 Å². The van der Waals surface area contributed by atoms with Crippen LogP contribution < -0.4 is 5.22 Å². The van der Waals surface area contributed by atoms with Gasteiger partial charge in [-0.1, -0.05) is 54.1 Å². The van der Waals surface area contributed by atoms with Crippen molar-refractivity contribution in [2.24, 2.45) is 23.7 Å². The molecule has 2 nitrogen and oxygen atoms in total. The molecule has 6 aromatic carbocycles.